The highest BCUT2D eigenvalue weighted by Gasteiger charge is 2.33. The zero-order valence-electron chi connectivity index (χ0n) is 13.5. The van der Waals surface area contributed by atoms with Crippen molar-refractivity contribution in [1.82, 2.24) is 19.9 Å². The van der Waals surface area contributed by atoms with Crippen LogP contribution in [-0.4, -0.2) is 57.4 Å². The number of aliphatic hydroxyl groups is 1. The van der Waals surface area contributed by atoms with Gasteiger partial charge in [0.05, 0.1) is 17.9 Å². The van der Waals surface area contributed by atoms with E-state index in [2.05, 4.69) is 26.8 Å². The number of hydrogen-bond acceptors (Lipinski definition) is 6. The molecule has 23 heavy (non-hydrogen) atoms. The largest absolute Gasteiger partial charge is 0.377 e. The van der Waals surface area contributed by atoms with E-state index in [1.807, 2.05) is 30.3 Å². The lowest BCUT2D eigenvalue weighted by Crippen LogP contribution is -2.54. The number of anilines is 1. The Morgan fingerprint density at radius 2 is 2.39 bits per heavy atom. The monoisotopic (exact) mass is 314 g/mol. The summed E-state index contributed by atoms with van der Waals surface area (Å²) in [7, 11) is 2.04. The highest BCUT2D eigenvalue weighted by molar-refractivity contribution is 5.87. The molecule has 1 aliphatic heterocycles. The number of likely N-dealkylation sites (tertiary alicyclic amines) is 1. The fraction of sp³-hybridized carbons (Fsp3) is 0.562. The number of aromatic amines is 1. The number of H-pyrrole nitrogens is 1. The summed E-state index contributed by atoms with van der Waals surface area (Å²) in [6, 6.07) is 4.25. The molecule has 3 atom stereocenters. The van der Waals surface area contributed by atoms with Crippen LogP contribution >= 0.6 is 0 Å². The molecule has 1 saturated heterocycles. The van der Waals surface area contributed by atoms with Gasteiger partial charge < -0.3 is 15.0 Å². The molecule has 0 unspecified atom stereocenters. The number of aromatic nitrogens is 3. The van der Waals surface area contributed by atoms with Crippen molar-refractivity contribution in [2.75, 3.05) is 25.0 Å². The second-order valence-corrected chi connectivity index (χ2v) is 6.22. The predicted molar refractivity (Wildman–Crippen MR) is 87.7 cm³/mol. The number of nitrogens with one attached hydrogen (secondary N) is 1. The van der Waals surface area contributed by atoms with Gasteiger partial charge in [0, 0.05) is 32.4 Å². The van der Waals surface area contributed by atoms with Gasteiger partial charge in [-0.3, -0.25) is 4.90 Å². The van der Waals surface area contributed by atoms with Gasteiger partial charge in [-0.25, -0.2) is 9.97 Å². The Hall–Kier alpha value is -2.17. The zero-order chi connectivity index (χ0) is 16.4. The molecular formula is C16H22N6O. The first-order valence-corrected chi connectivity index (χ1v) is 7.91. The average Bonchev–Trinajstić information content (AvgIpc) is 3.03. The third kappa shape index (κ3) is 3.00. The molecule has 7 heteroatoms. The van der Waals surface area contributed by atoms with Gasteiger partial charge >= 0.3 is 0 Å². The van der Waals surface area contributed by atoms with E-state index >= 15 is 0 Å². The molecule has 1 aliphatic rings. The van der Waals surface area contributed by atoms with Crippen LogP contribution in [-0.2, 0) is 0 Å². The summed E-state index contributed by atoms with van der Waals surface area (Å²) in [5, 5.41) is 19.9. The van der Waals surface area contributed by atoms with Gasteiger partial charge in [-0.2, -0.15) is 5.26 Å². The molecule has 122 valence electrons. The van der Waals surface area contributed by atoms with Gasteiger partial charge in [-0.1, -0.05) is 6.92 Å². The van der Waals surface area contributed by atoms with E-state index < -0.39 is 6.23 Å². The first-order chi connectivity index (χ1) is 11.1. The summed E-state index contributed by atoms with van der Waals surface area (Å²) in [6.45, 7) is 3.76. The molecular weight excluding hydrogens is 292 g/mol. The lowest BCUT2D eigenvalue weighted by molar-refractivity contribution is -0.0179. The first-order valence-electron chi connectivity index (χ1n) is 7.91. The van der Waals surface area contributed by atoms with Crippen molar-refractivity contribution in [1.29, 1.82) is 5.26 Å². The van der Waals surface area contributed by atoms with E-state index in [1.54, 1.807) is 6.33 Å². The van der Waals surface area contributed by atoms with Crippen molar-refractivity contribution in [3.05, 3.63) is 18.6 Å². The maximum atomic E-state index is 10.1. The Kier molecular flexibility index (Phi) is 4.46. The fourth-order valence-electron chi connectivity index (χ4n) is 3.36. The number of fused-ring (bicyclic) bond motifs is 1. The van der Waals surface area contributed by atoms with Gasteiger partial charge in [0.2, 0.25) is 0 Å². The van der Waals surface area contributed by atoms with Crippen LogP contribution < -0.4 is 4.90 Å². The molecule has 2 N–H and O–H groups in total. The summed E-state index contributed by atoms with van der Waals surface area (Å²) >= 11 is 0. The van der Waals surface area contributed by atoms with E-state index in [-0.39, 0.29) is 12.5 Å². The zero-order valence-corrected chi connectivity index (χ0v) is 13.5. The van der Waals surface area contributed by atoms with Crippen molar-refractivity contribution in [2.24, 2.45) is 5.92 Å². The van der Waals surface area contributed by atoms with Crippen LogP contribution in [0.4, 0.5) is 5.82 Å². The van der Waals surface area contributed by atoms with Gasteiger partial charge in [0.1, 0.15) is 24.0 Å². The van der Waals surface area contributed by atoms with Crippen LogP contribution in [0.5, 0.6) is 0 Å². The number of nitriles is 1. The lowest BCUT2D eigenvalue weighted by Gasteiger charge is -2.43. The molecule has 0 aliphatic carbocycles. The lowest BCUT2D eigenvalue weighted by atomic mass is 9.92. The molecule has 0 amide bonds. The minimum atomic E-state index is -0.693. The minimum Gasteiger partial charge on any atom is -0.377 e. The van der Waals surface area contributed by atoms with Crippen molar-refractivity contribution >= 4 is 16.9 Å². The SMILES string of the molecule is C[C@@H]1CCN([C@H](O)CC#N)C[C@@H]1N(C)c1ncnc2[nH]ccc12. The Morgan fingerprint density at radius 3 is 3.17 bits per heavy atom. The maximum absolute atomic E-state index is 10.1. The predicted octanol–water partition coefficient (Wildman–Crippen LogP) is 1.34. The van der Waals surface area contributed by atoms with Gasteiger partial charge in [0.25, 0.3) is 0 Å². The summed E-state index contributed by atoms with van der Waals surface area (Å²) in [4.78, 5) is 16.0. The van der Waals surface area contributed by atoms with Crippen LogP contribution in [0.2, 0.25) is 0 Å². The third-order valence-electron chi connectivity index (χ3n) is 4.81. The van der Waals surface area contributed by atoms with Crippen LogP contribution in [0.15, 0.2) is 18.6 Å². The number of aliphatic hydroxyl groups excluding tert-OH is 1. The Bertz CT molecular complexity index is 708. The first kappa shape index (κ1) is 15.7. The van der Waals surface area contributed by atoms with Gasteiger partial charge in [-0.15, -0.1) is 0 Å². The normalized spacial score (nSPS) is 23.6. The maximum Gasteiger partial charge on any atom is 0.142 e. The van der Waals surface area contributed by atoms with Crippen molar-refractivity contribution in [3.8, 4) is 6.07 Å². The number of hydrogen-bond donors (Lipinski definition) is 2. The minimum absolute atomic E-state index is 0.139. The van der Waals surface area contributed by atoms with E-state index in [0.717, 1.165) is 36.4 Å². The van der Waals surface area contributed by atoms with E-state index in [1.165, 1.54) is 0 Å². The fourth-order valence-corrected chi connectivity index (χ4v) is 3.36. The highest BCUT2D eigenvalue weighted by Crippen LogP contribution is 2.29. The third-order valence-corrected chi connectivity index (χ3v) is 4.81. The molecule has 3 rings (SSSR count). The van der Waals surface area contributed by atoms with Crippen LogP contribution in [0.25, 0.3) is 11.0 Å². The topological polar surface area (TPSA) is 92.1 Å². The average molecular weight is 314 g/mol. The molecule has 0 bridgehead atoms. The van der Waals surface area contributed by atoms with Crippen molar-refractivity contribution < 1.29 is 5.11 Å². The second kappa shape index (κ2) is 6.52. The van der Waals surface area contributed by atoms with E-state index in [0.29, 0.717) is 5.92 Å². The number of likely N-dealkylation sites (N-methyl/N-ethyl adjacent to an activating group) is 1. The standard InChI is InChI=1S/C16H22N6O/c1-11-5-8-22(14(23)3-6-17)9-13(11)21(2)16-12-4-7-18-15(12)19-10-20-16/h4,7,10-11,13-14,23H,3,5,8-9H2,1-2H3,(H,18,19,20)/t11-,13+,14-/m1/s1. The number of piperidine rings is 1. The highest BCUT2D eigenvalue weighted by atomic mass is 16.3. The van der Waals surface area contributed by atoms with Gasteiger partial charge in [-0.05, 0) is 18.4 Å². The van der Waals surface area contributed by atoms with Crippen LogP contribution in [0.1, 0.15) is 19.8 Å². The molecule has 7 nitrogen and oxygen atoms in total. The summed E-state index contributed by atoms with van der Waals surface area (Å²) < 4.78 is 0. The summed E-state index contributed by atoms with van der Waals surface area (Å²) in [6.07, 6.45) is 3.87. The molecule has 2 aromatic heterocycles. The molecule has 0 spiro atoms. The molecule has 2 aromatic rings. The van der Waals surface area contributed by atoms with Crippen LogP contribution in [0.3, 0.4) is 0 Å². The Balaban J connectivity index is 1.84. The Labute approximate surface area is 135 Å². The summed E-state index contributed by atoms with van der Waals surface area (Å²) in [5.74, 6) is 1.37. The van der Waals surface area contributed by atoms with Crippen molar-refractivity contribution in [2.45, 2.75) is 32.0 Å². The van der Waals surface area contributed by atoms with E-state index in [4.69, 9.17) is 5.26 Å². The molecule has 3 heterocycles. The van der Waals surface area contributed by atoms with Crippen molar-refractivity contribution in [3.63, 3.8) is 0 Å². The quantitative estimate of drug-likeness (QED) is 0.884. The molecule has 1 fully saturated rings. The van der Waals surface area contributed by atoms with Gasteiger partial charge in [0.15, 0.2) is 0 Å². The number of nitrogens with zero attached hydrogens (tertiary/aromatic N) is 5. The second-order valence-electron chi connectivity index (χ2n) is 6.22. The smallest absolute Gasteiger partial charge is 0.142 e. The molecule has 0 radical (unpaired) electrons. The molecule has 0 saturated carbocycles. The summed E-state index contributed by atoms with van der Waals surface area (Å²) in [5.41, 5.74) is 0.826. The Morgan fingerprint density at radius 1 is 1.57 bits per heavy atom. The van der Waals surface area contributed by atoms with E-state index in [9.17, 15) is 5.11 Å². The molecule has 0 aromatic carbocycles. The number of rotatable bonds is 4. The van der Waals surface area contributed by atoms with Crippen LogP contribution in [0, 0.1) is 17.2 Å².